The summed E-state index contributed by atoms with van der Waals surface area (Å²) >= 11 is 0. The molecule has 1 aromatic carbocycles. The molecule has 0 unspecified atom stereocenters. The number of ether oxygens (including phenoxy) is 1. The Labute approximate surface area is 153 Å². The summed E-state index contributed by atoms with van der Waals surface area (Å²) < 4.78 is 7.73. The minimum absolute atomic E-state index is 0.00128. The quantitative estimate of drug-likeness (QED) is 0.780. The maximum absolute atomic E-state index is 9.83. The van der Waals surface area contributed by atoms with Gasteiger partial charge in [0.2, 0.25) is 0 Å². The monoisotopic (exact) mass is 352 g/mol. The van der Waals surface area contributed by atoms with Crippen LogP contribution in [-0.4, -0.2) is 50.5 Å². The third-order valence-electron chi connectivity index (χ3n) is 5.00. The van der Waals surface area contributed by atoms with Gasteiger partial charge in [-0.3, -0.25) is 4.90 Å². The summed E-state index contributed by atoms with van der Waals surface area (Å²) in [5.41, 5.74) is 5.22. The van der Waals surface area contributed by atoms with Crippen LogP contribution in [0.15, 0.2) is 42.6 Å². The molecule has 136 valence electrons. The van der Waals surface area contributed by atoms with E-state index in [1.54, 1.807) is 0 Å². The first-order valence-corrected chi connectivity index (χ1v) is 8.99. The van der Waals surface area contributed by atoms with E-state index >= 15 is 0 Å². The number of aryl methyl sites for hydroxylation is 2. The molecule has 2 aromatic heterocycles. The molecule has 26 heavy (non-hydrogen) atoms. The van der Waals surface area contributed by atoms with Crippen molar-refractivity contribution in [3.8, 4) is 0 Å². The maximum Gasteiger partial charge on any atom is 0.159 e. The van der Waals surface area contributed by atoms with Crippen molar-refractivity contribution in [1.82, 2.24) is 19.5 Å². The Morgan fingerprint density at radius 3 is 2.81 bits per heavy atom. The summed E-state index contributed by atoms with van der Waals surface area (Å²) in [6, 6.07) is 12.3. The highest BCUT2D eigenvalue weighted by molar-refractivity contribution is 5.48. The van der Waals surface area contributed by atoms with Crippen molar-refractivity contribution >= 4 is 5.65 Å². The third-order valence-corrected chi connectivity index (χ3v) is 5.00. The van der Waals surface area contributed by atoms with Gasteiger partial charge in [0.1, 0.15) is 6.10 Å². The Kier molecular flexibility index (Phi) is 4.72. The summed E-state index contributed by atoms with van der Waals surface area (Å²) in [7, 11) is 0. The van der Waals surface area contributed by atoms with Crippen molar-refractivity contribution in [1.29, 1.82) is 0 Å². The number of rotatable bonds is 4. The van der Waals surface area contributed by atoms with Crippen molar-refractivity contribution in [2.75, 3.05) is 19.8 Å². The average molecular weight is 352 g/mol. The molecule has 3 heterocycles. The first-order chi connectivity index (χ1) is 12.7. The van der Waals surface area contributed by atoms with Crippen LogP contribution >= 0.6 is 0 Å². The van der Waals surface area contributed by atoms with E-state index in [1.807, 2.05) is 48.8 Å². The van der Waals surface area contributed by atoms with Gasteiger partial charge in [-0.2, -0.15) is 5.10 Å². The minimum atomic E-state index is -0.232. The molecule has 0 spiro atoms. The molecule has 0 radical (unpaired) electrons. The molecule has 6 heteroatoms. The molecule has 0 amide bonds. The largest absolute Gasteiger partial charge is 0.394 e. The molecule has 1 aliphatic rings. The van der Waals surface area contributed by atoms with Gasteiger partial charge in [-0.15, -0.1) is 0 Å². The summed E-state index contributed by atoms with van der Waals surface area (Å²) in [6.45, 7) is 6.19. The lowest BCUT2D eigenvalue weighted by atomic mass is 9.98. The van der Waals surface area contributed by atoms with Crippen LogP contribution < -0.4 is 0 Å². The van der Waals surface area contributed by atoms with Crippen LogP contribution in [0.1, 0.15) is 28.6 Å². The summed E-state index contributed by atoms with van der Waals surface area (Å²) in [6.07, 6.45) is 1.67. The lowest BCUT2D eigenvalue weighted by molar-refractivity contribution is -0.0959. The molecule has 1 fully saturated rings. The molecule has 2 atom stereocenters. The number of fused-ring (bicyclic) bond motifs is 1. The molecule has 0 aliphatic carbocycles. The van der Waals surface area contributed by atoms with E-state index in [0.29, 0.717) is 6.61 Å². The van der Waals surface area contributed by atoms with Crippen LogP contribution in [-0.2, 0) is 11.3 Å². The number of nitrogens with zero attached hydrogens (tertiary/aromatic N) is 4. The fourth-order valence-electron chi connectivity index (χ4n) is 3.84. The zero-order valence-electron chi connectivity index (χ0n) is 15.2. The highest BCUT2D eigenvalue weighted by Crippen LogP contribution is 2.31. The number of aliphatic hydroxyl groups is 1. The smallest absolute Gasteiger partial charge is 0.159 e. The number of morpholine rings is 1. The van der Waals surface area contributed by atoms with Crippen molar-refractivity contribution < 1.29 is 9.84 Å². The molecule has 3 aromatic rings. The van der Waals surface area contributed by atoms with E-state index in [1.165, 1.54) is 0 Å². The van der Waals surface area contributed by atoms with Crippen LogP contribution in [0.2, 0.25) is 0 Å². The Bertz CT molecular complexity index is 893. The number of hydrogen-bond acceptors (Lipinski definition) is 5. The Morgan fingerprint density at radius 1 is 1.23 bits per heavy atom. The van der Waals surface area contributed by atoms with Gasteiger partial charge in [0.15, 0.2) is 5.65 Å². The van der Waals surface area contributed by atoms with E-state index in [2.05, 4.69) is 22.1 Å². The third kappa shape index (κ3) is 3.11. The average Bonchev–Trinajstić information content (AvgIpc) is 3.05. The molecule has 4 rings (SSSR count). The standard InChI is InChI=1S/C20H24N4O2/c1-14-10-15(2)24-20(22-14)17(11-21-24)12-23-8-9-26-18(13-25)19(23)16-6-4-3-5-7-16/h3-7,10-11,18-19,25H,8-9,12-13H2,1-2H3/t18-,19-/m1/s1. The van der Waals surface area contributed by atoms with Gasteiger partial charge in [0.05, 0.1) is 25.5 Å². The number of benzene rings is 1. The predicted octanol–water partition coefficient (Wildman–Crippen LogP) is 2.28. The van der Waals surface area contributed by atoms with Crippen LogP contribution in [0.25, 0.3) is 5.65 Å². The second kappa shape index (κ2) is 7.15. The first kappa shape index (κ1) is 17.1. The molecule has 1 saturated heterocycles. The van der Waals surface area contributed by atoms with E-state index in [4.69, 9.17) is 9.72 Å². The summed E-state index contributed by atoms with van der Waals surface area (Å²) in [5.74, 6) is 0. The molecule has 0 bridgehead atoms. The van der Waals surface area contributed by atoms with Crippen molar-refractivity contribution in [3.63, 3.8) is 0 Å². The SMILES string of the molecule is Cc1cc(C)n2ncc(CN3CCO[C@H](CO)[C@H]3c3ccccc3)c2n1. The van der Waals surface area contributed by atoms with Gasteiger partial charge in [-0.05, 0) is 25.5 Å². The lowest BCUT2D eigenvalue weighted by Crippen LogP contribution is -2.46. The van der Waals surface area contributed by atoms with E-state index in [-0.39, 0.29) is 18.8 Å². The highest BCUT2D eigenvalue weighted by atomic mass is 16.5. The summed E-state index contributed by atoms with van der Waals surface area (Å²) in [4.78, 5) is 7.05. The van der Waals surface area contributed by atoms with Crippen molar-refractivity contribution in [2.24, 2.45) is 0 Å². The van der Waals surface area contributed by atoms with E-state index in [9.17, 15) is 5.11 Å². The topological polar surface area (TPSA) is 62.9 Å². The zero-order valence-corrected chi connectivity index (χ0v) is 15.2. The highest BCUT2D eigenvalue weighted by Gasteiger charge is 2.33. The predicted molar refractivity (Wildman–Crippen MR) is 98.9 cm³/mol. The van der Waals surface area contributed by atoms with E-state index < -0.39 is 0 Å². The number of aliphatic hydroxyl groups excluding tert-OH is 1. The van der Waals surface area contributed by atoms with Gasteiger partial charge in [0.25, 0.3) is 0 Å². The number of hydrogen-bond donors (Lipinski definition) is 1. The minimum Gasteiger partial charge on any atom is -0.394 e. The normalized spacial score (nSPS) is 21.3. The van der Waals surface area contributed by atoms with Crippen LogP contribution in [0.5, 0.6) is 0 Å². The Hall–Kier alpha value is -2.28. The molecule has 0 saturated carbocycles. The van der Waals surface area contributed by atoms with Gasteiger partial charge < -0.3 is 9.84 Å². The van der Waals surface area contributed by atoms with Crippen molar-refractivity contribution in [3.05, 3.63) is 65.1 Å². The number of aromatic nitrogens is 3. The van der Waals surface area contributed by atoms with Crippen LogP contribution in [0, 0.1) is 13.8 Å². The molecule has 1 aliphatic heterocycles. The Balaban J connectivity index is 1.69. The fraction of sp³-hybridized carbons (Fsp3) is 0.400. The van der Waals surface area contributed by atoms with Gasteiger partial charge >= 0.3 is 0 Å². The maximum atomic E-state index is 9.83. The Morgan fingerprint density at radius 2 is 2.04 bits per heavy atom. The van der Waals surface area contributed by atoms with E-state index in [0.717, 1.165) is 41.3 Å². The summed E-state index contributed by atoms with van der Waals surface area (Å²) in [5, 5.41) is 14.3. The second-order valence-corrected chi connectivity index (χ2v) is 6.86. The molecule has 6 nitrogen and oxygen atoms in total. The first-order valence-electron chi connectivity index (χ1n) is 8.99. The van der Waals surface area contributed by atoms with Crippen LogP contribution in [0.3, 0.4) is 0 Å². The van der Waals surface area contributed by atoms with Crippen LogP contribution in [0.4, 0.5) is 0 Å². The fourth-order valence-corrected chi connectivity index (χ4v) is 3.84. The lowest BCUT2D eigenvalue weighted by Gasteiger charge is -2.40. The van der Waals surface area contributed by atoms with Gasteiger partial charge in [0, 0.05) is 30.0 Å². The molecule has 1 N–H and O–H groups in total. The molecular weight excluding hydrogens is 328 g/mol. The second-order valence-electron chi connectivity index (χ2n) is 6.86. The van der Waals surface area contributed by atoms with Crippen molar-refractivity contribution in [2.45, 2.75) is 32.5 Å². The van der Waals surface area contributed by atoms with Gasteiger partial charge in [-0.25, -0.2) is 9.50 Å². The molecular formula is C20H24N4O2. The van der Waals surface area contributed by atoms with Gasteiger partial charge in [-0.1, -0.05) is 30.3 Å². The zero-order chi connectivity index (χ0) is 18.1.